The van der Waals surface area contributed by atoms with Gasteiger partial charge in [-0.1, -0.05) is 211 Å². The second-order valence-corrected chi connectivity index (χ2v) is 32.8. The number of para-hydroxylation sites is 7. The maximum absolute atomic E-state index is 14.5. The van der Waals surface area contributed by atoms with Crippen molar-refractivity contribution in [2.75, 3.05) is 0 Å². The molecule has 0 unspecified atom stereocenters. The normalized spacial score (nSPS) is 10.5. The SMILES string of the molecule is C.C.Cc1cc(C)c(-n2c(-c3[c-]cc(F)cc3F)nc3ccccc32)c(C)c1.Cc1cccc(C)c1-c1cnn2c3[c-]cccc3c3ccccc3c12.Cc1cccc(C)c1-n1ccnc1-c1[c-]cccc1.Cc1ccccc1-n1ccnc1-c1[c-]ccc2c1oc1ccccc12.Cn1ccc(-c2[c-]cccc2)n1.[Ir].[Ir].[Ir].[Ir].[Ir].[c-]1cccc2c3ccccc3c3ccnn3c12.[c-]1ccccc1-c1cc[nH]n1. The van der Waals surface area contributed by atoms with Gasteiger partial charge in [-0.05, 0) is 152 Å². The number of aromatic nitrogens is 14. The molecule has 5 radical (unpaired) electrons. The summed E-state index contributed by atoms with van der Waals surface area (Å²) in [5.41, 5.74) is 28.9. The van der Waals surface area contributed by atoms with Gasteiger partial charge in [0.1, 0.15) is 5.58 Å². The minimum absolute atomic E-state index is 0. The van der Waals surface area contributed by atoms with Gasteiger partial charge in [0, 0.05) is 202 Å². The van der Waals surface area contributed by atoms with E-state index >= 15 is 0 Å². The Kier molecular flexibility index (Phi) is 36.4. The minimum atomic E-state index is -0.677. The molecule has 10 heterocycles. The van der Waals surface area contributed by atoms with E-state index in [2.05, 4.69) is 249 Å². The van der Waals surface area contributed by atoms with Crippen molar-refractivity contribution in [3.63, 3.8) is 0 Å². The Morgan fingerprint density at radius 2 is 0.930 bits per heavy atom. The molecule has 25 rings (SSSR count). The Labute approximate surface area is 892 Å². The third kappa shape index (κ3) is 22.3. The molecule has 719 valence electrons. The Morgan fingerprint density at radius 1 is 0.380 bits per heavy atom. The summed E-state index contributed by atoms with van der Waals surface area (Å²) in [5.74, 6) is 0.844. The van der Waals surface area contributed by atoms with Crippen molar-refractivity contribution in [2.24, 2.45) is 7.05 Å². The van der Waals surface area contributed by atoms with Crippen molar-refractivity contribution in [3.05, 3.63) is 470 Å². The molecule has 22 heteroatoms. The summed E-state index contributed by atoms with van der Waals surface area (Å²) < 4.78 is 46.0. The van der Waals surface area contributed by atoms with Crippen LogP contribution in [0.2, 0.25) is 0 Å². The average molecular weight is 2750 g/mol. The van der Waals surface area contributed by atoms with Gasteiger partial charge in [0.15, 0.2) is 0 Å². The van der Waals surface area contributed by atoms with E-state index in [4.69, 9.17) is 9.52 Å². The standard InChI is InChI=1S/C23H17N2.C22H17F2N2.C22H15N2O.C17H15N2.C15H9N2.C10H9N2.C9H7N2.2CH4.5Ir/c1-15-8-7-9-16(2)22(15)20-14-24-25-21-13-6-5-11-18(21)17-10-3-4-12-19(17)23(20)25;1-13-10-14(2)21(15(3)11-13)26-20-7-5-4-6-19(20)25-22(26)17-9-8-16(23)12-18(17)24;1-15-7-2-4-11-19(15)24-14-13-23-22(24)18-10-6-9-17-16-8-3-5-12-20(16)25-21(17)18;1-13-7-6-8-14(2)16(13)19-12-11-18-17(19)15-9-4-3-5-10-15;1-2-6-13-11(5-1)12-7-3-4-8-14(12)17-15(13)9-10-16-17;1-12-8-7-10(11-12)9-5-3-2-4-6-9;1-2-4-8(5-3-1)9-6-7-10-11-9;;;;;;;/h3-12,14H,1-2H3;4-8,10-12H,1-3H3;2-9,11-14H,1H3;3-9,11-12H,1-2H3;1-7,9-10H;2-5,7-8H,1H3;1-4,6-7H,(H,10,11);2*1H4;;;;;/q7*-1;;;;;;;. The maximum Gasteiger partial charge on any atom is 0.120 e. The molecule has 1 N–H and O–H groups in total. The first-order valence-electron chi connectivity index (χ1n) is 44.3. The van der Waals surface area contributed by atoms with Crippen molar-refractivity contribution in [3.8, 4) is 84.9 Å². The van der Waals surface area contributed by atoms with Gasteiger partial charge >= 0.3 is 0 Å². The quantitative estimate of drug-likeness (QED) is 0.111. The fourth-order valence-corrected chi connectivity index (χ4v) is 17.8. The Bertz CT molecular complexity index is 8430. The van der Waals surface area contributed by atoms with Crippen LogP contribution in [0.4, 0.5) is 8.78 Å². The molecule has 0 atom stereocenters. The summed E-state index contributed by atoms with van der Waals surface area (Å²) in [4.78, 5) is 13.7. The largest absolute Gasteiger partial charge is 0.501 e. The van der Waals surface area contributed by atoms with Crippen LogP contribution in [0.5, 0.6) is 0 Å². The van der Waals surface area contributed by atoms with Crippen molar-refractivity contribution < 1.29 is 114 Å². The molecule has 0 amide bonds. The number of nitrogens with zero attached hydrogens (tertiary/aromatic N) is 13. The van der Waals surface area contributed by atoms with Crippen LogP contribution in [0.25, 0.3) is 172 Å². The molecule has 0 bridgehead atoms. The van der Waals surface area contributed by atoms with Crippen LogP contribution in [0.1, 0.15) is 59.4 Å². The number of pyridine rings is 2. The zero-order valence-electron chi connectivity index (χ0n) is 77.4. The van der Waals surface area contributed by atoms with E-state index in [1.165, 1.54) is 76.9 Å². The fraction of sp³-hybridized carbons (Fsp3) is 0.0917. The van der Waals surface area contributed by atoms with Crippen molar-refractivity contribution >= 4 is 87.4 Å². The molecule has 15 nitrogen and oxygen atoms in total. The monoisotopic (exact) mass is 2750 g/mol. The number of halogens is 2. The van der Waals surface area contributed by atoms with Crippen LogP contribution in [0, 0.1) is 109 Å². The number of hydrogen-bond donors (Lipinski definition) is 1. The smallest absolute Gasteiger partial charge is 0.120 e. The maximum atomic E-state index is 14.5. The molecule has 0 saturated heterocycles. The van der Waals surface area contributed by atoms with Crippen LogP contribution < -0.4 is 0 Å². The number of aromatic amines is 1. The topological polar surface area (TPSA) is 148 Å². The van der Waals surface area contributed by atoms with E-state index in [9.17, 15) is 8.78 Å². The average Bonchev–Trinajstić information content (AvgIpc) is 1.54. The third-order valence-electron chi connectivity index (χ3n) is 23.8. The summed E-state index contributed by atoms with van der Waals surface area (Å²) in [6.07, 6.45) is 15.2. The zero-order chi connectivity index (χ0) is 92.6. The summed E-state index contributed by atoms with van der Waals surface area (Å²) in [7, 11) is 1.91. The first-order valence-corrected chi connectivity index (χ1v) is 44.3. The van der Waals surface area contributed by atoms with E-state index < -0.39 is 11.6 Å². The van der Waals surface area contributed by atoms with Crippen LogP contribution in [0.15, 0.2) is 376 Å². The molecule has 25 aromatic rings. The van der Waals surface area contributed by atoms with Crippen LogP contribution >= 0.6 is 0 Å². The molecule has 0 aliphatic carbocycles. The zero-order valence-corrected chi connectivity index (χ0v) is 89.3. The van der Waals surface area contributed by atoms with Gasteiger partial charge in [0.25, 0.3) is 0 Å². The van der Waals surface area contributed by atoms with E-state index in [1.54, 1.807) is 10.9 Å². The van der Waals surface area contributed by atoms with E-state index in [0.29, 0.717) is 5.82 Å². The number of nitrogens with one attached hydrogen (secondary N) is 1. The molecule has 0 fully saturated rings. The van der Waals surface area contributed by atoms with E-state index in [1.807, 2.05) is 267 Å². The van der Waals surface area contributed by atoms with Gasteiger partial charge in [0.2, 0.25) is 0 Å². The molecule has 0 aliphatic rings. The molecule has 15 aromatic carbocycles. The van der Waals surface area contributed by atoms with Gasteiger partial charge in [-0.3, -0.25) is 42.5 Å². The summed E-state index contributed by atoms with van der Waals surface area (Å²) in [6, 6.07) is 128. The molecule has 10 aromatic heterocycles. The predicted molar refractivity (Wildman–Crippen MR) is 553 cm³/mol. The molecule has 0 aliphatic heterocycles. The first-order chi connectivity index (χ1) is 66.1. The summed E-state index contributed by atoms with van der Waals surface area (Å²) in [5, 5.41) is 29.7. The Balaban J connectivity index is 0.000000149. The van der Waals surface area contributed by atoms with Gasteiger partial charge < -0.3 is 18.1 Å². The van der Waals surface area contributed by atoms with Crippen LogP contribution in [0.3, 0.4) is 0 Å². The second-order valence-electron chi connectivity index (χ2n) is 32.8. The van der Waals surface area contributed by atoms with Crippen molar-refractivity contribution in [1.29, 1.82) is 0 Å². The van der Waals surface area contributed by atoms with Gasteiger partial charge in [-0.2, -0.15) is 58.7 Å². The third-order valence-corrected chi connectivity index (χ3v) is 23.8. The number of benzene rings is 15. The first kappa shape index (κ1) is 107. The van der Waals surface area contributed by atoms with Crippen molar-refractivity contribution in [2.45, 2.75) is 70.2 Å². The number of rotatable bonds is 9. The van der Waals surface area contributed by atoms with Gasteiger partial charge in [-0.25, -0.2) is 10.2 Å². The molecule has 142 heavy (non-hydrogen) atoms. The van der Waals surface area contributed by atoms with E-state index in [0.717, 1.165) is 141 Å². The van der Waals surface area contributed by atoms with Gasteiger partial charge in [0.05, 0.1) is 51.3 Å². The Morgan fingerprint density at radius 3 is 1.56 bits per heavy atom. The number of H-pyrrole nitrogens is 1. The Hall–Kier alpha value is -14.1. The number of fused-ring (bicyclic) bond motifs is 16. The number of imidazole rings is 3. The molecule has 0 saturated carbocycles. The second kappa shape index (κ2) is 48.4. The van der Waals surface area contributed by atoms with Gasteiger partial charge in [-0.15, -0.1) is 149 Å². The number of aryl methyl sites for hydroxylation is 9. The molecular formula is C120H97F2Ir5N14O-7. The number of furan rings is 1. The molecule has 0 spiro atoms. The summed E-state index contributed by atoms with van der Waals surface area (Å²) >= 11 is 0. The fourth-order valence-electron chi connectivity index (χ4n) is 17.8. The minimum Gasteiger partial charge on any atom is -0.501 e. The van der Waals surface area contributed by atoms with E-state index in [-0.39, 0.29) is 121 Å². The molecular weight excluding hydrogens is 2650 g/mol. The summed E-state index contributed by atoms with van der Waals surface area (Å²) in [6.45, 7) is 16.8. The number of hydrogen-bond acceptors (Lipinski definition) is 8. The van der Waals surface area contributed by atoms with Crippen LogP contribution in [-0.2, 0) is 108 Å². The van der Waals surface area contributed by atoms with Crippen LogP contribution in [-0.4, -0.2) is 67.9 Å². The predicted octanol–water partition coefficient (Wildman–Crippen LogP) is 29.4. The van der Waals surface area contributed by atoms with Crippen molar-refractivity contribution in [1.82, 2.24) is 67.9 Å².